The number of methoxy groups -OCH3 is 1. The van der Waals surface area contributed by atoms with Crippen molar-refractivity contribution in [1.29, 1.82) is 0 Å². The van der Waals surface area contributed by atoms with E-state index in [0.29, 0.717) is 0 Å². The molecule has 4 nitrogen and oxygen atoms in total. The fraction of sp³-hybridized carbons (Fsp3) is 0.833. The molecule has 0 saturated carbocycles. The summed E-state index contributed by atoms with van der Waals surface area (Å²) >= 11 is 0. The van der Waals surface area contributed by atoms with E-state index in [1.807, 2.05) is 24.7 Å². The van der Waals surface area contributed by atoms with Crippen LogP contribution in [-0.4, -0.2) is 28.7 Å². The van der Waals surface area contributed by atoms with Crippen molar-refractivity contribution in [2.45, 2.75) is 53.0 Å². The molecule has 0 N–H and O–H groups in total. The van der Waals surface area contributed by atoms with E-state index in [9.17, 15) is 0 Å². The van der Waals surface area contributed by atoms with E-state index in [4.69, 9.17) is 4.74 Å². The highest BCUT2D eigenvalue weighted by molar-refractivity contribution is 4.90. The second-order valence-electron chi connectivity index (χ2n) is 3.38. The summed E-state index contributed by atoms with van der Waals surface area (Å²) in [5, 5.41) is 8.08. The minimum atomic E-state index is 0.859. The van der Waals surface area contributed by atoms with Gasteiger partial charge in [-0.15, -0.1) is 5.10 Å². The fourth-order valence-electron chi connectivity index (χ4n) is 1.31. The van der Waals surface area contributed by atoms with Crippen molar-refractivity contribution in [3.05, 3.63) is 11.9 Å². The second kappa shape index (κ2) is 10.6. The molecule has 0 bridgehead atoms. The van der Waals surface area contributed by atoms with Gasteiger partial charge in [-0.05, 0) is 25.7 Å². The average Bonchev–Trinajstić information content (AvgIpc) is 2.79. The molecule has 1 aromatic rings. The largest absolute Gasteiger partial charge is 0.385 e. The van der Waals surface area contributed by atoms with Crippen LogP contribution in [0.3, 0.4) is 0 Å². The van der Waals surface area contributed by atoms with Crippen molar-refractivity contribution in [2.75, 3.05) is 13.7 Å². The maximum absolute atomic E-state index is 4.98. The van der Waals surface area contributed by atoms with Crippen LogP contribution in [-0.2, 0) is 17.7 Å². The molecule has 0 aliphatic heterocycles. The van der Waals surface area contributed by atoms with Gasteiger partial charge in [-0.3, -0.25) is 4.68 Å². The summed E-state index contributed by atoms with van der Waals surface area (Å²) in [6.45, 7) is 7.92. The maximum Gasteiger partial charge on any atom is 0.0824 e. The number of unbranched alkanes of at least 4 members (excludes halogenated alkanes) is 2. The number of hydrogen-bond acceptors (Lipinski definition) is 3. The number of nitrogens with zero attached hydrogens (tertiary/aromatic N) is 3. The summed E-state index contributed by atoms with van der Waals surface area (Å²) in [6.07, 6.45) is 6.46. The van der Waals surface area contributed by atoms with E-state index in [1.165, 1.54) is 6.42 Å². The minimum absolute atomic E-state index is 0.859. The van der Waals surface area contributed by atoms with Gasteiger partial charge in [0.1, 0.15) is 0 Å². The van der Waals surface area contributed by atoms with Gasteiger partial charge in [-0.25, -0.2) is 0 Å². The third kappa shape index (κ3) is 6.56. The Balaban J connectivity index is 0.00000106. The third-order valence-electron chi connectivity index (χ3n) is 2.18. The summed E-state index contributed by atoms with van der Waals surface area (Å²) < 4.78 is 6.90. The molecule has 1 heterocycles. The number of aromatic nitrogens is 3. The Kier molecular flexibility index (Phi) is 10.0. The molecule has 1 aromatic heterocycles. The van der Waals surface area contributed by atoms with E-state index < -0.39 is 0 Å². The van der Waals surface area contributed by atoms with Gasteiger partial charge in [0.25, 0.3) is 0 Å². The Morgan fingerprint density at radius 3 is 2.56 bits per heavy atom. The first kappa shape index (κ1) is 15.1. The van der Waals surface area contributed by atoms with Gasteiger partial charge in [-0.1, -0.05) is 26.0 Å². The third-order valence-corrected chi connectivity index (χ3v) is 2.18. The highest BCUT2D eigenvalue weighted by atomic mass is 16.5. The van der Waals surface area contributed by atoms with Crippen molar-refractivity contribution in [1.82, 2.24) is 15.0 Å². The number of rotatable bonds is 7. The number of ether oxygens (including phenoxy) is 1. The molecule has 0 aromatic carbocycles. The van der Waals surface area contributed by atoms with Gasteiger partial charge < -0.3 is 4.74 Å². The predicted molar refractivity (Wildman–Crippen MR) is 66.5 cm³/mol. The Morgan fingerprint density at radius 1 is 1.25 bits per heavy atom. The molecule has 0 fully saturated rings. The lowest BCUT2D eigenvalue weighted by Gasteiger charge is -2.00. The molecule has 0 saturated heterocycles. The normalized spacial score (nSPS) is 9.75. The topological polar surface area (TPSA) is 39.9 Å². The van der Waals surface area contributed by atoms with E-state index in [2.05, 4.69) is 17.2 Å². The minimum Gasteiger partial charge on any atom is -0.385 e. The Morgan fingerprint density at radius 2 is 2.00 bits per heavy atom. The maximum atomic E-state index is 4.98. The molecule has 16 heavy (non-hydrogen) atoms. The fourth-order valence-corrected chi connectivity index (χ4v) is 1.31. The smallest absolute Gasteiger partial charge is 0.0824 e. The van der Waals surface area contributed by atoms with Gasteiger partial charge in [0.15, 0.2) is 0 Å². The van der Waals surface area contributed by atoms with Crippen LogP contribution < -0.4 is 0 Å². The zero-order valence-corrected chi connectivity index (χ0v) is 11.1. The Bertz CT molecular complexity index is 248. The highest BCUT2D eigenvalue weighted by Gasteiger charge is 1.97. The molecule has 0 spiro atoms. The monoisotopic (exact) mass is 227 g/mol. The summed E-state index contributed by atoms with van der Waals surface area (Å²) in [5.74, 6) is 0. The van der Waals surface area contributed by atoms with E-state index in [1.54, 1.807) is 7.11 Å². The quantitative estimate of drug-likeness (QED) is 0.672. The van der Waals surface area contributed by atoms with Crippen molar-refractivity contribution < 1.29 is 4.74 Å². The van der Waals surface area contributed by atoms with Crippen molar-refractivity contribution in [2.24, 2.45) is 0 Å². The molecule has 0 unspecified atom stereocenters. The van der Waals surface area contributed by atoms with Crippen LogP contribution in [0.2, 0.25) is 0 Å². The van der Waals surface area contributed by atoms with Gasteiger partial charge in [0.2, 0.25) is 0 Å². The van der Waals surface area contributed by atoms with Crippen LogP contribution in [0.1, 0.15) is 45.7 Å². The van der Waals surface area contributed by atoms with Crippen molar-refractivity contribution >= 4 is 0 Å². The van der Waals surface area contributed by atoms with Crippen LogP contribution in [0.4, 0.5) is 0 Å². The van der Waals surface area contributed by atoms with Crippen LogP contribution in [0.25, 0.3) is 0 Å². The standard InChI is InChI=1S/C10H19N3O.C2H6/c1-3-10-9-13(12-11-10)7-5-4-6-8-14-2;1-2/h9H,3-8H2,1-2H3;1-2H3. The molecule has 0 aliphatic rings. The van der Waals surface area contributed by atoms with E-state index in [0.717, 1.165) is 38.1 Å². The van der Waals surface area contributed by atoms with Crippen molar-refractivity contribution in [3.63, 3.8) is 0 Å². The van der Waals surface area contributed by atoms with Crippen LogP contribution in [0, 0.1) is 0 Å². The number of aryl methyl sites for hydroxylation is 2. The molecule has 0 radical (unpaired) electrons. The van der Waals surface area contributed by atoms with E-state index >= 15 is 0 Å². The van der Waals surface area contributed by atoms with Crippen LogP contribution in [0.5, 0.6) is 0 Å². The van der Waals surface area contributed by atoms with Crippen molar-refractivity contribution in [3.8, 4) is 0 Å². The zero-order chi connectivity index (χ0) is 12.2. The SMILES string of the molecule is CC.CCc1cn(CCCCCOC)nn1. The predicted octanol–water partition coefficient (Wildman–Crippen LogP) is 2.68. The Hall–Kier alpha value is -0.900. The lowest BCUT2D eigenvalue weighted by molar-refractivity contribution is 0.191. The molecule has 0 amide bonds. The summed E-state index contributed by atoms with van der Waals surface area (Å²) in [6, 6.07) is 0. The summed E-state index contributed by atoms with van der Waals surface area (Å²) in [7, 11) is 1.74. The van der Waals surface area contributed by atoms with Gasteiger partial charge in [0.05, 0.1) is 5.69 Å². The average molecular weight is 227 g/mol. The summed E-state index contributed by atoms with van der Waals surface area (Å²) in [4.78, 5) is 0. The Labute approximate surface area is 99.0 Å². The molecule has 0 atom stereocenters. The van der Waals surface area contributed by atoms with Crippen LogP contribution >= 0.6 is 0 Å². The molecule has 0 aliphatic carbocycles. The number of hydrogen-bond donors (Lipinski definition) is 0. The summed E-state index contributed by atoms with van der Waals surface area (Å²) in [5.41, 5.74) is 1.07. The van der Waals surface area contributed by atoms with Gasteiger partial charge in [0, 0.05) is 26.5 Å². The molecule has 1 rings (SSSR count). The first-order valence-electron chi connectivity index (χ1n) is 6.24. The lowest BCUT2D eigenvalue weighted by Crippen LogP contribution is -1.99. The molecule has 4 heteroatoms. The first-order valence-corrected chi connectivity index (χ1v) is 6.24. The van der Waals surface area contributed by atoms with Gasteiger partial charge in [-0.2, -0.15) is 0 Å². The lowest BCUT2D eigenvalue weighted by atomic mass is 10.2. The zero-order valence-electron chi connectivity index (χ0n) is 11.1. The van der Waals surface area contributed by atoms with Crippen LogP contribution in [0.15, 0.2) is 6.20 Å². The molecular weight excluding hydrogens is 202 g/mol. The first-order chi connectivity index (χ1) is 7.86. The molecular formula is C12H25N3O. The highest BCUT2D eigenvalue weighted by Crippen LogP contribution is 2.00. The van der Waals surface area contributed by atoms with Gasteiger partial charge >= 0.3 is 0 Å². The molecule has 94 valence electrons. The second-order valence-corrected chi connectivity index (χ2v) is 3.38. The van der Waals surface area contributed by atoms with E-state index in [-0.39, 0.29) is 0 Å².